The first-order valence-electron chi connectivity index (χ1n) is 4.25. The molecule has 14 heavy (non-hydrogen) atoms. The van der Waals surface area contributed by atoms with Crippen molar-refractivity contribution in [1.29, 1.82) is 0 Å². The summed E-state index contributed by atoms with van der Waals surface area (Å²) in [5, 5.41) is 2.90. The second-order valence-corrected chi connectivity index (χ2v) is 3.86. The van der Waals surface area contributed by atoms with Crippen LogP contribution in [0.2, 0.25) is 0 Å². The van der Waals surface area contributed by atoms with Crippen molar-refractivity contribution < 1.29 is 8.78 Å². The highest BCUT2D eigenvalue weighted by Gasteiger charge is 2.11. The summed E-state index contributed by atoms with van der Waals surface area (Å²) in [5.41, 5.74) is 0. The van der Waals surface area contributed by atoms with Gasteiger partial charge in [0, 0.05) is 18.7 Å². The topological polar surface area (TPSA) is 24.9 Å². The molecular formula is C9H11BrF2N2. The third-order valence-electron chi connectivity index (χ3n) is 1.67. The van der Waals surface area contributed by atoms with Gasteiger partial charge in [0.2, 0.25) is 6.43 Å². The van der Waals surface area contributed by atoms with E-state index < -0.39 is 6.43 Å². The van der Waals surface area contributed by atoms with Crippen molar-refractivity contribution >= 4 is 21.7 Å². The van der Waals surface area contributed by atoms with E-state index in [1.807, 2.05) is 6.07 Å². The highest BCUT2D eigenvalue weighted by atomic mass is 79.9. The van der Waals surface area contributed by atoms with Crippen LogP contribution >= 0.6 is 15.9 Å². The van der Waals surface area contributed by atoms with Crippen LogP contribution in [0.5, 0.6) is 0 Å². The Morgan fingerprint density at radius 1 is 1.57 bits per heavy atom. The molecule has 0 aliphatic heterocycles. The third kappa shape index (κ3) is 3.57. The van der Waals surface area contributed by atoms with Crippen LogP contribution in [0, 0.1) is 0 Å². The summed E-state index contributed by atoms with van der Waals surface area (Å²) < 4.78 is 24.8. The van der Waals surface area contributed by atoms with Gasteiger partial charge in [0.25, 0.3) is 0 Å². The fourth-order valence-electron chi connectivity index (χ4n) is 1.05. The summed E-state index contributed by atoms with van der Waals surface area (Å²) in [7, 11) is 0. The molecular weight excluding hydrogens is 254 g/mol. The molecule has 1 atom stereocenters. The van der Waals surface area contributed by atoms with Crippen molar-refractivity contribution in [3.63, 3.8) is 0 Å². The van der Waals surface area contributed by atoms with Crippen LogP contribution in [0.15, 0.2) is 22.8 Å². The number of halogens is 3. The summed E-state index contributed by atoms with van der Waals surface area (Å²) in [6, 6.07) is 3.29. The predicted octanol–water partition coefficient (Wildman–Crippen LogP) is 3.30. The summed E-state index contributed by atoms with van der Waals surface area (Å²) in [5.74, 6) is 0.598. The van der Waals surface area contributed by atoms with Crippen LogP contribution in [0.3, 0.4) is 0 Å². The molecule has 0 saturated carbocycles. The smallest absolute Gasteiger partial charge is 0.240 e. The van der Waals surface area contributed by atoms with Gasteiger partial charge in [-0.2, -0.15) is 0 Å². The number of aromatic nitrogens is 1. The molecule has 1 heterocycles. The largest absolute Gasteiger partial charge is 0.366 e. The molecule has 0 radical (unpaired) electrons. The molecule has 2 nitrogen and oxygen atoms in total. The lowest BCUT2D eigenvalue weighted by Crippen LogP contribution is -2.19. The minimum atomic E-state index is -2.29. The Morgan fingerprint density at radius 2 is 2.29 bits per heavy atom. The number of hydrogen-bond donors (Lipinski definition) is 1. The number of nitrogens with one attached hydrogen (secondary N) is 1. The fraction of sp³-hybridized carbons (Fsp3) is 0.444. The Hall–Kier alpha value is -0.710. The van der Waals surface area contributed by atoms with Crippen LogP contribution in [0.4, 0.5) is 14.6 Å². The fourth-order valence-corrected chi connectivity index (χ4v) is 1.42. The first-order chi connectivity index (χ1) is 6.59. The monoisotopic (exact) mass is 264 g/mol. The average molecular weight is 265 g/mol. The number of alkyl halides is 2. The van der Waals surface area contributed by atoms with E-state index in [0.717, 1.165) is 4.47 Å². The van der Waals surface area contributed by atoms with E-state index in [9.17, 15) is 8.78 Å². The number of rotatable bonds is 4. The molecule has 0 aromatic carbocycles. The second kappa shape index (κ2) is 5.24. The summed E-state index contributed by atoms with van der Waals surface area (Å²) >= 11 is 3.28. The lowest BCUT2D eigenvalue weighted by molar-refractivity contribution is 0.133. The molecule has 0 aliphatic carbocycles. The SMILES string of the molecule is CC(CC(F)F)Nc1ncccc1Br. The van der Waals surface area contributed by atoms with Gasteiger partial charge in [0.05, 0.1) is 4.47 Å². The van der Waals surface area contributed by atoms with Crippen molar-refractivity contribution in [2.75, 3.05) is 5.32 Å². The van der Waals surface area contributed by atoms with Gasteiger partial charge in [0.15, 0.2) is 0 Å². The summed E-state index contributed by atoms with van der Waals surface area (Å²) in [6.45, 7) is 1.70. The molecule has 1 N–H and O–H groups in total. The third-order valence-corrected chi connectivity index (χ3v) is 2.31. The lowest BCUT2D eigenvalue weighted by atomic mass is 10.2. The van der Waals surface area contributed by atoms with Gasteiger partial charge in [-0.3, -0.25) is 0 Å². The Balaban J connectivity index is 2.56. The van der Waals surface area contributed by atoms with E-state index in [4.69, 9.17) is 0 Å². The standard InChI is InChI=1S/C9H11BrF2N2/c1-6(5-8(11)12)14-9-7(10)3-2-4-13-9/h2-4,6,8H,5H2,1H3,(H,13,14). The molecule has 78 valence electrons. The maximum absolute atomic E-state index is 12.0. The van der Waals surface area contributed by atoms with E-state index in [2.05, 4.69) is 26.2 Å². The molecule has 0 fully saturated rings. The number of pyridine rings is 1. The first kappa shape index (κ1) is 11.4. The molecule has 1 unspecified atom stereocenters. The van der Waals surface area contributed by atoms with Crippen LogP contribution in [-0.2, 0) is 0 Å². The van der Waals surface area contributed by atoms with Crippen LogP contribution in [0.25, 0.3) is 0 Å². The van der Waals surface area contributed by atoms with E-state index in [-0.39, 0.29) is 12.5 Å². The van der Waals surface area contributed by atoms with Crippen molar-refractivity contribution in [1.82, 2.24) is 4.98 Å². The summed E-state index contributed by atoms with van der Waals surface area (Å²) in [6.07, 6.45) is -0.856. The quantitative estimate of drug-likeness (QED) is 0.903. The van der Waals surface area contributed by atoms with Gasteiger partial charge < -0.3 is 5.32 Å². The Labute approximate surface area is 89.9 Å². The van der Waals surface area contributed by atoms with Gasteiger partial charge in [-0.1, -0.05) is 0 Å². The van der Waals surface area contributed by atoms with Gasteiger partial charge in [-0.25, -0.2) is 13.8 Å². The number of nitrogens with zero attached hydrogens (tertiary/aromatic N) is 1. The molecule has 5 heteroatoms. The Morgan fingerprint density at radius 3 is 2.86 bits per heavy atom. The average Bonchev–Trinajstić information content (AvgIpc) is 2.07. The molecule has 0 bridgehead atoms. The molecule has 1 aromatic rings. The van der Waals surface area contributed by atoms with Gasteiger partial charge in [-0.15, -0.1) is 0 Å². The molecule has 1 rings (SSSR count). The van der Waals surface area contributed by atoms with E-state index in [0.29, 0.717) is 5.82 Å². The zero-order chi connectivity index (χ0) is 10.6. The van der Waals surface area contributed by atoms with Crippen LogP contribution in [-0.4, -0.2) is 17.5 Å². The van der Waals surface area contributed by atoms with Crippen molar-refractivity contribution in [2.24, 2.45) is 0 Å². The van der Waals surface area contributed by atoms with Crippen molar-refractivity contribution in [3.05, 3.63) is 22.8 Å². The molecule has 0 aliphatic rings. The minimum Gasteiger partial charge on any atom is -0.366 e. The normalized spacial score (nSPS) is 12.9. The molecule has 0 saturated heterocycles. The molecule has 1 aromatic heterocycles. The van der Waals surface area contributed by atoms with Gasteiger partial charge in [-0.05, 0) is 35.0 Å². The van der Waals surface area contributed by atoms with Crippen LogP contribution < -0.4 is 5.32 Å². The maximum atomic E-state index is 12.0. The first-order valence-corrected chi connectivity index (χ1v) is 5.04. The van der Waals surface area contributed by atoms with Crippen molar-refractivity contribution in [3.8, 4) is 0 Å². The zero-order valence-electron chi connectivity index (χ0n) is 7.67. The second-order valence-electron chi connectivity index (χ2n) is 3.01. The highest BCUT2D eigenvalue weighted by Crippen LogP contribution is 2.20. The maximum Gasteiger partial charge on any atom is 0.240 e. The highest BCUT2D eigenvalue weighted by molar-refractivity contribution is 9.10. The Kier molecular flexibility index (Phi) is 4.25. The molecule has 0 amide bonds. The van der Waals surface area contributed by atoms with Gasteiger partial charge in [0.1, 0.15) is 5.82 Å². The number of hydrogen-bond acceptors (Lipinski definition) is 2. The Bertz CT molecular complexity index is 294. The summed E-state index contributed by atoms with van der Waals surface area (Å²) in [4.78, 5) is 4.02. The lowest BCUT2D eigenvalue weighted by Gasteiger charge is -2.14. The van der Waals surface area contributed by atoms with Crippen LogP contribution in [0.1, 0.15) is 13.3 Å². The molecule has 0 spiro atoms. The van der Waals surface area contributed by atoms with E-state index in [1.54, 1.807) is 19.2 Å². The van der Waals surface area contributed by atoms with E-state index >= 15 is 0 Å². The predicted molar refractivity (Wildman–Crippen MR) is 55.6 cm³/mol. The minimum absolute atomic E-state index is 0.178. The zero-order valence-corrected chi connectivity index (χ0v) is 9.26. The van der Waals surface area contributed by atoms with Crippen molar-refractivity contribution in [2.45, 2.75) is 25.8 Å². The van der Waals surface area contributed by atoms with E-state index in [1.165, 1.54) is 0 Å². The number of anilines is 1. The van der Waals surface area contributed by atoms with Gasteiger partial charge >= 0.3 is 0 Å².